The van der Waals surface area contributed by atoms with Gasteiger partial charge in [0.05, 0.1) is 19.7 Å². The highest BCUT2D eigenvalue weighted by Gasteiger charge is 2.11. The molecule has 1 amide bonds. The summed E-state index contributed by atoms with van der Waals surface area (Å²) in [5, 5.41) is 13.5. The fraction of sp³-hybridized carbons (Fsp3) is 0.176. The summed E-state index contributed by atoms with van der Waals surface area (Å²) in [6.45, 7) is 0. The number of methoxy groups -OCH3 is 1. The molecule has 0 atom stereocenters. The molecule has 8 nitrogen and oxygen atoms in total. The van der Waals surface area contributed by atoms with Crippen molar-refractivity contribution in [3.63, 3.8) is 0 Å². The van der Waals surface area contributed by atoms with Crippen LogP contribution >= 0.6 is 0 Å². The topological polar surface area (TPSA) is 102 Å². The number of phenols is 1. The van der Waals surface area contributed by atoms with Gasteiger partial charge in [0, 0.05) is 13.2 Å². The lowest BCUT2D eigenvalue weighted by Gasteiger charge is -2.03. The lowest BCUT2D eigenvalue weighted by atomic mass is 10.2. The van der Waals surface area contributed by atoms with E-state index in [0.717, 1.165) is 11.2 Å². The molecule has 0 bridgehead atoms. The molecule has 0 spiro atoms. The minimum Gasteiger partial charge on any atom is -0.504 e. The van der Waals surface area contributed by atoms with E-state index >= 15 is 0 Å². The van der Waals surface area contributed by atoms with Crippen LogP contribution in [0.2, 0.25) is 0 Å². The monoisotopic (exact) mass is 339 g/mol. The number of benzene rings is 1. The lowest BCUT2D eigenvalue weighted by Crippen LogP contribution is -2.21. The van der Waals surface area contributed by atoms with E-state index < -0.39 is 0 Å². The maximum Gasteiger partial charge on any atom is 0.247 e. The van der Waals surface area contributed by atoms with Crippen molar-refractivity contribution in [2.24, 2.45) is 12.1 Å². The predicted molar refractivity (Wildman–Crippen MR) is 92.6 cm³/mol. The van der Waals surface area contributed by atoms with E-state index in [1.54, 1.807) is 29.0 Å². The first-order valence-electron chi connectivity index (χ1n) is 7.53. The third kappa shape index (κ3) is 3.57. The van der Waals surface area contributed by atoms with Crippen LogP contribution in [-0.2, 0) is 18.3 Å². The molecular formula is C17H17N5O3. The summed E-state index contributed by atoms with van der Waals surface area (Å²) in [4.78, 5) is 20.7. The predicted octanol–water partition coefficient (Wildman–Crippen LogP) is 1.38. The number of phenolic OH excluding ortho intramolecular Hbond substituents is 1. The van der Waals surface area contributed by atoms with E-state index in [0.29, 0.717) is 17.1 Å². The molecule has 0 radical (unpaired) electrons. The number of amides is 1. The molecule has 3 aromatic rings. The molecule has 0 aliphatic carbocycles. The number of carbonyl (C=O) groups is 1. The molecule has 3 rings (SSSR count). The number of hydrogen-bond donors (Lipinski definition) is 2. The number of fused-ring (bicyclic) bond motifs is 1. The third-order valence-electron chi connectivity index (χ3n) is 3.65. The van der Waals surface area contributed by atoms with Gasteiger partial charge in [0.2, 0.25) is 5.91 Å². The van der Waals surface area contributed by atoms with Crippen molar-refractivity contribution in [3.8, 4) is 11.5 Å². The van der Waals surface area contributed by atoms with Crippen molar-refractivity contribution in [1.29, 1.82) is 0 Å². The molecule has 8 heteroatoms. The van der Waals surface area contributed by atoms with E-state index in [1.165, 1.54) is 19.4 Å². The molecule has 0 saturated heterocycles. The van der Waals surface area contributed by atoms with E-state index in [-0.39, 0.29) is 18.1 Å². The second kappa shape index (κ2) is 7.00. The van der Waals surface area contributed by atoms with E-state index in [4.69, 9.17) is 4.74 Å². The SMILES string of the molecule is COc1cc(/C=N/NC(=O)Cc2nc3cccnc3n2C)ccc1O. The number of aryl methyl sites for hydroxylation is 1. The number of pyridine rings is 1. The quantitative estimate of drug-likeness (QED) is 0.540. The van der Waals surface area contributed by atoms with Crippen LogP contribution in [0.1, 0.15) is 11.4 Å². The van der Waals surface area contributed by atoms with Crippen molar-refractivity contribution in [1.82, 2.24) is 20.0 Å². The number of hydrogen-bond acceptors (Lipinski definition) is 6. The van der Waals surface area contributed by atoms with Crippen LogP contribution in [0.25, 0.3) is 11.2 Å². The molecule has 0 saturated carbocycles. The van der Waals surface area contributed by atoms with E-state index in [2.05, 4.69) is 20.5 Å². The number of nitrogens with zero attached hydrogens (tertiary/aromatic N) is 4. The first-order valence-corrected chi connectivity index (χ1v) is 7.53. The van der Waals surface area contributed by atoms with Gasteiger partial charge in [-0.05, 0) is 35.9 Å². The van der Waals surface area contributed by atoms with E-state index in [1.807, 2.05) is 13.1 Å². The Balaban J connectivity index is 1.65. The van der Waals surface area contributed by atoms with Crippen LogP contribution in [0.5, 0.6) is 11.5 Å². The average molecular weight is 339 g/mol. The number of carbonyl (C=O) groups excluding carboxylic acids is 1. The molecule has 25 heavy (non-hydrogen) atoms. The molecule has 1 aromatic carbocycles. The number of rotatable bonds is 5. The molecular weight excluding hydrogens is 322 g/mol. The highest BCUT2D eigenvalue weighted by atomic mass is 16.5. The highest BCUT2D eigenvalue weighted by Crippen LogP contribution is 2.25. The van der Waals surface area contributed by atoms with Gasteiger partial charge in [-0.1, -0.05) is 0 Å². The zero-order valence-electron chi connectivity index (χ0n) is 13.8. The van der Waals surface area contributed by atoms with Crippen molar-refractivity contribution in [3.05, 3.63) is 47.9 Å². The van der Waals surface area contributed by atoms with Crippen LogP contribution in [0.3, 0.4) is 0 Å². The van der Waals surface area contributed by atoms with Crippen LogP contribution in [0, 0.1) is 0 Å². The fourth-order valence-corrected chi connectivity index (χ4v) is 2.37. The van der Waals surface area contributed by atoms with E-state index in [9.17, 15) is 9.90 Å². The zero-order valence-corrected chi connectivity index (χ0v) is 13.8. The summed E-state index contributed by atoms with van der Waals surface area (Å²) >= 11 is 0. The van der Waals surface area contributed by atoms with Crippen molar-refractivity contribution in [2.45, 2.75) is 6.42 Å². The van der Waals surface area contributed by atoms with Crippen LogP contribution in [0.15, 0.2) is 41.6 Å². The second-order valence-electron chi connectivity index (χ2n) is 5.33. The number of nitrogens with one attached hydrogen (secondary N) is 1. The zero-order chi connectivity index (χ0) is 17.8. The van der Waals surface area contributed by atoms with Crippen molar-refractivity contribution in [2.75, 3.05) is 7.11 Å². The number of aromatic hydroxyl groups is 1. The Bertz CT molecular complexity index is 949. The first kappa shape index (κ1) is 16.4. The Hall–Kier alpha value is -3.42. The summed E-state index contributed by atoms with van der Waals surface area (Å²) in [6, 6.07) is 8.41. The van der Waals surface area contributed by atoms with Gasteiger partial charge in [0.15, 0.2) is 17.1 Å². The maximum atomic E-state index is 12.0. The van der Waals surface area contributed by atoms with Crippen molar-refractivity contribution < 1.29 is 14.6 Å². The molecule has 2 N–H and O–H groups in total. The largest absolute Gasteiger partial charge is 0.504 e. The maximum absolute atomic E-state index is 12.0. The van der Waals surface area contributed by atoms with Gasteiger partial charge >= 0.3 is 0 Å². The van der Waals surface area contributed by atoms with Gasteiger partial charge < -0.3 is 14.4 Å². The van der Waals surface area contributed by atoms with Crippen LogP contribution < -0.4 is 10.2 Å². The Labute approximate surface area is 143 Å². The van der Waals surface area contributed by atoms with Gasteiger partial charge in [-0.3, -0.25) is 4.79 Å². The minimum absolute atomic E-state index is 0.0409. The first-order chi connectivity index (χ1) is 12.1. The summed E-state index contributed by atoms with van der Waals surface area (Å²) in [6.07, 6.45) is 3.24. The molecule has 0 unspecified atom stereocenters. The molecule has 0 aliphatic rings. The molecule has 0 fully saturated rings. The number of hydrazone groups is 1. The molecule has 2 aromatic heterocycles. The average Bonchev–Trinajstić information content (AvgIpc) is 2.92. The summed E-state index contributed by atoms with van der Waals surface area (Å²) < 4.78 is 6.80. The van der Waals surface area contributed by atoms with Crippen LogP contribution in [-0.4, -0.2) is 38.9 Å². The Kier molecular flexibility index (Phi) is 4.60. The third-order valence-corrected chi connectivity index (χ3v) is 3.65. The number of aromatic nitrogens is 3. The normalized spacial score (nSPS) is 11.1. The molecule has 128 valence electrons. The molecule has 2 heterocycles. The van der Waals surface area contributed by atoms with Gasteiger partial charge in [-0.15, -0.1) is 0 Å². The van der Waals surface area contributed by atoms with Crippen LogP contribution in [0.4, 0.5) is 0 Å². The summed E-state index contributed by atoms with van der Waals surface area (Å²) in [5.74, 6) is 0.690. The number of imidazole rings is 1. The van der Waals surface area contributed by atoms with Gasteiger partial charge in [0.1, 0.15) is 11.3 Å². The summed E-state index contributed by atoms with van der Waals surface area (Å²) in [7, 11) is 3.28. The van der Waals surface area contributed by atoms with Gasteiger partial charge in [-0.25, -0.2) is 15.4 Å². The minimum atomic E-state index is -0.291. The van der Waals surface area contributed by atoms with Crippen molar-refractivity contribution >= 4 is 23.3 Å². The number of ether oxygens (including phenoxy) is 1. The standard InChI is InChI=1S/C17H17N5O3/c1-22-15(20-12-4-3-7-18-17(12)22)9-16(24)21-19-10-11-5-6-13(23)14(8-11)25-2/h3-8,10,23H,9H2,1-2H3,(H,21,24)/b19-10+. The van der Waals surface area contributed by atoms with Gasteiger partial charge in [-0.2, -0.15) is 5.10 Å². The lowest BCUT2D eigenvalue weighted by molar-refractivity contribution is -0.120. The Morgan fingerprint density at radius 3 is 3.04 bits per heavy atom. The summed E-state index contributed by atoms with van der Waals surface area (Å²) in [5.41, 5.74) is 4.61. The fourth-order valence-electron chi connectivity index (χ4n) is 2.37. The van der Waals surface area contributed by atoms with Gasteiger partial charge in [0.25, 0.3) is 0 Å². The second-order valence-corrected chi connectivity index (χ2v) is 5.33. The highest BCUT2D eigenvalue weighted by molar-refractivity contribution is 5.84. The molecule has 0 aliphatic heterocycles. The Morgan fingerprint density at radius 1 is 1.44 bits per heavy atom. The Morgan fingerprint density at radius 2 is 2.28 bits per heavy atom. The smallest absolute Gasteiger partial charge is 0.247 e.